The maximum atomic E-state index is 3.77. The zero-order chi connectivity index (χ0) is 31.9. The van der Waals surface area contributed by atoms with E-state index in [0.717, 1.165) is 11.2 Å². The number of nitrogens with one attached hydrogen (secondary N) is 1. The third-order valence-electron chi connectivity index (χ3n) is 9.81. The fourth-order valence-corrected chi connectivity index (χ4v) is 7.67. The summed E-state index contributed by atoms with van der Waals surface area (Å²) in [5.41, 5.74) is 14.8. The Morgan fingerprint density at radius 2 is 0.979 bits per heavy atom. The molecule has 0 amide bonds. The maximum Gasteiger partial charge on any atom is 0.0701 e. The van der Waals surface area contributed by atoms with E-state index in [1.165, 1.54) is 61.3 Å². The van der Waals surface area contributed by atoms with Gasteiger partial charge in [0, 0.05) is 33.8 Å². The Morgan fingerprint density at radius 1 is 0.438 bits per heavy atom. The topological polar surface area (TPSA) is 19.0 Å². The lowest BCUT2D eigenvalue weighted by Gasteiger charge is -2.31. The number of hydrogen-bond acceptors (Lipinski definition) is 1. The molecule has 2 heteroatoms. The van der Waals surface area contributed by atoms with Crippen LogP contribution in [0.25, 0.3) is 44.4 Å². The van der Waals surface area contributed by atoms with Gasteiger partial charge in [0.1, 0.15) is 0 Å². The van der Waals surface area contributed by atoms with Crippen LogP contribution in [-0.2, 0) is 0 Å². The highest BCUT2D eigenvalue weighted by Gasteiger charge is 2.41. The molecule has 1 aliphatic heterocycles. The van der Waals surface area contributed by atoms with Crippen LogP contribution in [0.3, 0.4) is 0 Å². The molecular formula is C46H34N2. The summed E-state index contributed by atoms with van der Waals surface area (Å²) in [6.07, 6.45) is 0. The summed E-state index contributed by atoms with van der Waals surface area (Å²) < 4.78 is 0. The normalized spacial score (nSPS) is 15.5. The molecule has 1 N–H and O–H groups in total. The number of rotatable bonds is 6. The Bertz CT molecular complexity index is 2330. The number of anilines is 2. The van der Waals surface area contributed by atoms with E-state index in [2.05, 4.69) is 198 Å². The largest absolute Gasteiger partial charge is 0.354 e. The van der Waals surface area contributed by atoms with Crippen molar-refractivity contribution < 1.29 is 0 Å². The lowest BCUT2D eigenvalue weighted by molar-refractivity contribution is 0.658. The van der Waals surface area contributed by atoms with Crippen LogP contribution < -0.4 is 4.90 Å². The van der Waals surface area contributed by atoms with Crippen LogP contribution in [0.1, 0.15) is 28.7 Å². The number of hydrogen-bond donors (Lipinski definition) is 1. The summed E-state index contributed by atoms with van der Waals surface area (Å²) in [4.78, 5) is 6.31. The predicted octanol–water partition coefficient (Wildman–Crippen LogP) is 12.2. The molecule has 0 bridgehead atoms. The molecular weight excluding hydrogens is 581 g/mol. The van der Waals surface area contributed by atoms with Crippen LogP contribution in [-0.4, -0.2) is 4.98 Å². The third kappa shape index (κ3) is 4.82. The molecule has 0 radical (unpaired) electrons. The summed E-state index contributed by atoms with van der Waals surface area (Å²) >= 11 is 0. The molecule has 2 unspecified atom stereocenters. The first-order valence-corrected chi connectivity index (χ1v) is 16.7. The van der Waals surface area contributed by atoms with Crippen LogP contribution >= 0.6 is 0 Å². The van der Waals surface area contributed by atoms with Gasteiger partial charge in [-0.1, -0.05) is 152 Å². The van der Waals surface area contributed by atoms with Crippen molar-refractivity contribution in [3.8, 4) is 33.5 Å². The Balaban J connectivity index is 1.24. The van der Waals surface area contributed by atoms with Crippen molar-refractivity contribution in [2.24, 2.45) is 0 Å². The van der Waals surface area contributed by atoms with Crippen molar-refractivity contribution in [2.75, 3.05) is 4.90 Å². The number of aromatic nitrogens is 1. The highest BCUT2D eigenvalue weighted by atomic mass is 15.2. The lowest BCUT2D eigenvalue weighted by Crippen LogP contribution is -2.22. The quantitative estimate of drug-likeness (QED) is 0.197. The van der Waals surface area contributed by atoms with Gasteiger partial charge in [-0.15, -0.1) is 0 Å². The second-order valence-corrected chi connectivity index (χ2v) is 12.6. The van der Waals surface area contributed by atoms with Crippen molar-refractivity contribution in [1.29, 1.82) is 0 Å². The summed E-state index contributed by atoms with van der Waals surface area (Å²) in [6, 6.07) is 68.3. The highest BCUT2D eigenvalue weighted by molar-refractivity contribution is 6.05. The zero-order valence-electron chi connectivity index (χ0n) is 26.5. The van der Waals surface area contributed by atoms with E-state index in [-0.39, 0.29) is 12.0 Å². The second-order valence-electron chi connectivity index (χ2n) is 12.6. The van der Waals surface area contributed by atoms with Crippen molar-refractivity contribution in [3.05, 3.63) is 205 Å². The van der Waals surface area contributed by atoms with E-state index in [1.807, 2.05) is 0 Å². The van der Waals surface area contributed by atoms with Gasteiger partial charge in [0.05, 0.1) is 11.7 Å². The average Bonchev–Trinajstić information content (AvgIpc) is 3.72. The van der Waals surface area contributed by atoms with Gasteiger partial charge in [-0.2, -0.15) is 0 Å². The third-order valence-corrected chi connectivity index (χ3v) is 9.81. The molecule has 2 heterocycles. The molecule has 0 saturated carbocycles. The minimum atomic E-state index is 0.117. The number of para-hydroxylation sites is 1. The standard InChI is InChI=1S/C46H34N2/c1-6-16-32(17-7-1)43-39-30-36(26-28-41(39)47-45(43)34-20-10-3-11-21-34)37-27-29-42-40(31-37)44(33-18-8-2-9-19-33)46(35-22-12-4-13-23-35)48(42)38-24-14-5-15-25-38/h1-31,44,46-47H. The van der Waals surface area contributed by atoms with Crippen molar-refractivity contribution in [2.45, 2.75) is 12.0 Å². The van der Waals surface area contributed by atoms with Gasteiger partial charge in [-0.25, -0.2) is 0 Å². The van der Waals surface area contributed by atoms with Gasteiger partial charge >= 0.3 is 0 Å². The van der Waals surface area contributed by atoms with Gasteiger partial charge in [-0.05, 0) is 75.3 Å². The molecule has 1 aliphatic rings. The smallest absolute Gasteiger partial charge is 0.0701 e. The van der Waals surface area contributed by atoms with E-state index < -0.39 is 0 Å². The van der Waals surface area contributed by atoms with Gasteiger partial charge in [-0.3, -0.25) is 0 Å². The van der Waals surface area contributed by atoms with Crippen LogP contribution in [0.15, 0.2) is 188 Å². The molecule has 1 aromatic heterocycles. The molecule has 0 saturated heterocycles. The Morgan fingerprint density at radius 3 is 1.65 bits per heavy atom. The average molecular weight is 615 g/mol. The van der Waals surface area contributed by atoms with E-state index in [9.17, 15) is 0 Å². The minimum absolute atomic E-state index is 0.117. The number of H-pyrrole nitrogens is 1. The molecule has 48 heavy (non-hydrogen) atoms. The zero-order valence-corrected chi connectivity index (χ0v) is 26.5. The van der Waals surface area contributed by atoms with Crippen LogP contribution in [0.4, 0.5) is 11.4 Å². The second kappa shape index (κ2) is 11.9. The first-order valence-electron chi connectivity index (χ1n) is 16.7. The molecule has 0 aliphatic carbocycles. The Hall–Kier alpha value is -6.12. The van der Waals surface area contributed by atoms with Crippen LogP contribution in [0.5, 0.6) is 0 Å². The van der Waals surface area contributed by atoms with Crippen molar-refractivity contribution in [3.63, 3.8) is 0 Å². The lowest BCUT2D eigenvalue weighted by atomic mass is 9.83. The van der Waals surface area contributed by atoms with E-state index in [1.54, 1.807) is 0 Å². The number of nitrogens with zero attached hydrogens (tertiary/aromatic N) is 1. The molecule has 8 aromatic rings. The van der Waals surface area contributed by atoms with E-state index in [4.69, 9.17) is 0 Å². The minimum Gasteiger partial charge on any atom is -0.354 e. The summed E-state index contributed by atoms with van der Waals surface area (Å²) in [5, 5.41) is 1.23. The fourth-order valence-electron chi connectivity index (χ4n) is 7.67. The van der Waals surface area contributed by atoms with Crippen molar-refractivity contribution in [1.82, 2.24) is 4.98 Å². The van der Waals surface area contributed by atoms with E-state index >= 15 is 0 Å². The molecule has 228 valence electrons. The SMILES string of the molecule is c1ccc(-c2[nH]c3ccc(-c4ccc5c(c4)C(c4ccccc4)C(c4ccccc4)N5c4ccccc4)cc3c2-c2ccccc2)cc1. The molecule has 7 aromatic carbocycles. The monoisotopic (exact) mass is 614 g/mol. The molecule has 2 nitrogen and oxygen atoms in total. The molecule has 0 fully saturated rings. The maximum absolute atomic E-state index is 3.77. The number of fused-ring (bicyclic) bond motifs is 2. The van der Waals surface area contributed by atoms with E-state index in [0.29, 0.717) is 0 Å². The first kappa shape index (κ1) is 28.1. The van der Waals surface area contributed by atoms with Gasteiger partial charge < -0.3 is 9.88 Å². The first-order chi connectivity index (χ1) is 23.8. The Labute approximate surface area is 281 Å². The Kier molecular flexibility index (Phi) is 6.98. The summed E-state index contributed by atoms with van der Waals surface area (Å²) in [5.74, 6) is 0.157. The van der Waals surface area contributed by atoms with Gasteiger partial charge in [0.25, 0.3) is 0 Å². The van der Waals surface area contributed by atoms with Crippen LogP contribution in [0, 0.1) is 0 Å². The summed E-state index contributed by atoms with van der Waals surface area (Å²) in [7, 11) is 0. The molecule has 2 atom stereocenters. The summed E-state index contributed by atoms with van der Waals surface area (Å²) in [6.45, 7) is 0. The highest BCUT2D eigenvalue weighted by Crippen LogP contribution is 2.56. The molecule has 0 spiro atoms. The van der Waals surface area contributed by atoms with Crippen molar-refractivity contribution >= 4 is 22.3 Å². The number of benzene rings is 7. The predicted molar refractivity (Wildman–Crippen MR) is 201 cm³/mol. The van der Waals surface area contributed by atoms with Crippen LogP contribution in [0.2, 0.25) is 0 Å². The van der Waals surface area contributed by atoms with Gasteiger partial charge in [0.2, 0.25) is 0 Å². The van der Waals surface area contributed by atoms with Gasteiger partial charge in [0.15, 0.2) is 0 Å². The molecule has 9 rings (SSSR count). The number of aromatic amines is 1. The fraction of sp³-hybridized carbons (Fsp3) is 0.0435.